The van der Waals surface area contributed by atoms with E-state index in [9.17, 15) is 24.5 Å². The number of amides is 3. The van der Waals surface area contributed by atoms with Crippen LogP contribution in [0.15, 0.2) is 65.6 Å². The van der Waals surface area contributed by atoms with Crippen molar-refractivity contribution < 1.29 is 28.8 Å². The molecule has 0 bridgehead atoms. The molecule has 1 aliphatic heterocycles. The van der Waals surface area contributed by atoms with Crippen LogP contribution in [-0.4, -0.2) is 40.5 Å². The monoisotopic (exact) mass is 547 g/mol. The van der Waals surface area contributed by atoms with E-state index in [1.165, 1.54) is 25.3 Å². The Morgan fingerprint density at radius 3 is 2.38 bits per heavy atom. The van der Waals surface area contributed by atoms with Gasteiger partial charge in [0.15, 0.2) is 11.5 Å². The van der Waals surface area contributed by atoms with Crippen molar-refractivity contribution in [3.8, 4) is 11.5 Å². The van der Waals surface area contributed by atoms with Crippen molar-refractivity contribution in [2.45, 2.75) is 20.5 Å². The summed E-state index contributed by atoms with van der Waals surface area (Å²) in [7, 11) is 1.39. The van der Waals surface area contributed by atoms with Crippen molar-refractivity contribution in [2.24, 2.45) is 0 Å². The Kier molecular flexibility index (Phi) is 8.30. The molecule has 0 aromatic heterocycles. The fourth-order valence-corrected chi connectivity index (χ4v) is 4.84. The number of hydrogen-bond donors (Lipinski definition) is 1. The summed E-state index contributed by atoms with van der Waals surface area (Å²) in [6.07, 6.45) is 1.24. The Balaban J connectivity index is 1.54. The van der Waals surface area contributed by atoms with Gasteiger partial charge in [0.1, 0.15) is 13.2 Å². The van der Waals surface area contributed by atoms with Crippen LogP contribution in [0.3, 0.4) is 0 Å². The zero-order valence-corrected chi connectivity index (χ0v) is 22.2. The number of hydrogen-bond acceptors (Lipinski definition) is 8. The molecular weight excluding hydrogens is 522 g/mol. The maximum absolute atomic E-state index is 13.0. The molecule has 3 aromatic rings. The maximum Gasteiger partial charge on any atom is 0.294 e. The molecule has 3 aromatic carbocycles. The number of nitrogens with zero attached hydrogens (tertiary/aromatic N) is 2. The lowest BCUT2D eigenvalue weighted by atomic mass is 10.1. The first-order valence-corrected chi connectivity index (χ1v) is 12.6. The smallest absolute Gasteiger partial charge is 0.294 e. The molecule has 1 saturated heterocycles. The van der Waals surface area contributed by atoms with Gasteiger partial charge in [-0.05, 0) is 66.6 Å². The topological polar surface area (TPSA) is 128 Å². The number of methoxy groups -OCH3 is 1. The van der Waals surface area contributed by atoms with E-state index in [4.69, 9.17) is 9.47 Å². The molecule has 1 aliphatic rings. The lowest BCUT2D eigenvalue weighted by molar-refractivity contribution is -0.385. The number of aryl methyl sites for hydroxylation is 2. The van der Waals surface area contributed by atoms with E-state index >= 15 is 0 Å². The Hall–Kier alpha value is -4.64. The van der Waals surface area contributed by atoms with Crippen LogP contribution < -0.4 is 14.8 Å². The second-order valence-electron chi connectivity index (χ2n) is 8.79. The Morgan fingerprint density at radius 2 is 1.74 bits per heavy atom. The number of nitro benzene ring substituents is 1. The molecule has 0 saturated carbocycles. The third kappa shape index (κ3) is 6.63. The fourth-order valence-electron chi connectivity index (χ4n) is 4.01. The number of anilines is 1. The number of imide groups is 1. The summed E-state index contributed by atoms with van der Waals surface area (Å²) in [5.41, 5.74) is 3.03. The number of thioether (sulfide) groups is 1. The lowest BCUT2D eigenvalue weighted by Gasteiger charge is -2.13. The van der Waals surface area contributed by atoms with Crippen molar-refractivity contribution in [2.75, 3.05) is 19.0 Å². The quantitative estimate of drug-likeness (QED) is 0.212. The summed E-state index contributed by atoms with van der Waals surface area (Å²) in [5.74, 6) is -0.898. The van der Waals surface area contributed by atoms with Crippen molar-refractivity contribution in [3.05, 3.63) is 97.9 Å². The molecular formula is C28H25N3O7S. The van der Waals surface area contributed by atoms with Gasteiger partial charge in [-0.3, -0.25) is 29.4 Å². The molecule has 4 rings (SSSR count). The lowest BCUT2D eigenvalue weighted by Crippen LogP contribution is -2.36. The van der Waals surface area contributed by atoms with E-state index in [2.05, 4.69) is 5.32 Å². The number of carbonyl (C=O) groups excluding carboxylic acids is 3. The second kappa shape index (κ2) is 11.8. The van der Waals surface area contributed by atoms with Crippen LogP contribution in [0.5, 0.6) is 11.5 Å². The molecule has 10 nitrogen and oxygen atoms in total. The highest BCUT2D eigenvalue weighted by atomic mass is 32.2. The fraction of sp³-hybridized carbons (Fsp3) is 0.179. The first kappa shape index (κ1) is 27.4. The third-order valence-electron chi connectivity index (χ3n) is 5.71. The van der Waals surface area contributed by atoms with Crippen LogP contribution in [0, 0.1) is 24.0 Å². The molecule has 11 heteroatoms. The van der Waals surface area contributed by atoms with Crippen molar-refractivity contribution in [1.29, 1.82) is 0 Å². The minimum absolute atomic E-state index is 0.0501. The van der Waals surface area contributed by atoms with Crippen LogP contribution in [0.1, 0.15) is 22.3 Å². The minimum atomic E-state index is -0.724. The molecule has 0 spiro atoms. The van der Waals surface area contributed by atoms with Crippen LogP contribution in [0.25, 0.3) is 6.08 Å². The van der Waals surface area contributed by atoms with E-state index in [1.807, 2.05) is 50.2 Å². The van der Waals surface area contributed by atoms with Crippen molar-refractivity contribution >= 4 is 46.3 Å². The van der Waals surface area contributed by atoms with Gasteiger partial charge in [0.25, 0.3) is 16.8 Å². The molecule has 1 N–H and O–H groups in total. The highest BCUT2D eigenvalue weighted by Gasteiger charge is 2.37. The zero-order chi connectivity index (χ0) is 28.1. The number of rotatable bonds is 9. The molecule has 3 amide bonds. The number of benzene rings is 3. The Bertz CT molecular complexity index is 1470. The highest BCUT2D eigenvalue weighted by molar-refractivity contribution is 8.18. The predicted octanol–water partition coefficient (Wildman–Crippen LogP) is 5.47. The van der Waals surface area contributed by atoms with E-state index in [-0.39, 0.29) is 34.3 Å². The van der Waals surface area contributed by atoms with E-state index < -0.39 is 28.5 Å². The second-order valence-corrected chi connectivity index (χ2v) is 9.78. The number of carbonyl (C=O) groups is 3. The number of ether oxygens (including phenoxy) is 2. The minimum Gasteiger partial charge on any atom is -0.493 e. The largest absolute Gasteiger partial charge is 0.493 e. The molecule has 1 heterocycles. The predicted molar refractivity (Wildman–Crippen MR) is 148 cm³/mol. The highest BCUT2D eigenvalue weighted by Crippen LogP contribution is 2.39. The van der Waals surface area contributed by atoms with E-state index in [1.54, 1.807) is 12.1 Å². The molecule has 0 unspecified atom stereocenters. The van der Waals surface area contributed by atoms with Gasteiger partial charge in [-0.1, -0.05) is 36.4 Å². The van der Waals surface area contributed by atoms with Crippen molar-refractivity contribution in [3.63, 3.8) is 0 Å². The van der Waals surface area contributed by atoms with E-state index in [0.717, 1.165) is 21.6 Å². The first-order chi connectivity index (χ1) is 18.6. The zero-order valence-electron chi connectivity index (χ0n) is 21.4. The van der Waals surface area contributed by atoms with Crippen molar-refractivity contribution in [1.82, 2.24) is 4.90 Å². The molecule has 200 valence electrons. The van der Waals surface area contributed by atoms with Gasteiger partial charge < -0.3 is 14.8 Å². The van der Waals surface area contributed by atoms with Gasteiger partial charge in [0.05, 0.1) is 28.6 Å². The van der Waals surface area contributed by atoms with Crippen LogP contribution in [0.2, 0.25) is 0 Å². The van der Waals surface area contributed by atoms with Crippen LogP contribution in [0.4, 0.5) is 16.2 Å². The van der Waals surface area contributed by atoms with Gasteiger partial charge in [0, 0.05) is 5.69 Å². The van der Waals surface area contributed by atoms with Gasteiger partial charge >= 0.3 is 0 Å². The standard InChI is InChI=1S/C28H25N3O7S/c1-17-9-18(2)11-21(10-17)29-26(32)15-30-27(33)25(39-28(30)34)13-20-12-23(37-3)24(14-22(20)31(35)36)38-16-19-7-5-4-6-8-19/h4-14H,15-16H2,1-3H3,(H,29,32)/b25-13+. The average Bonchev–Trinajstić information content (AvgIpc) is 3.14. The number of nitro groups is 1. The van der Waals surface area contributed by atoms with Gasteiger partial charge in [0.2, 0.25) is 5.91 Å². The average molecular weight is 548 g/mol. The Morgan fingerprint density at radius 1 is 1.05 bits per heavy atom. The maximum atomic E-state index is 13.0. The number of nitrogens with one attached hydrogen (secondary N) is 1. The van der Waals surface area contributed by atoms with Crippen LogP contribution >= 0.6 is 11.8 Å². The first-order valence-electron chi connectivity index (χ1n) is 11.8. The normalized spacial score (nSPS) is 14.0. The Labute approximate surface area is 228 Å². The molecule has 0 aliphatic carbocycles. The summed E-state index contributed by atoms with van der Waals surface area (Å²) >= 11 is 0.599. The van der Waals surface area contributed by atoms with Crippen LogP contribution in [-0.2, 0) is 16.2 Å². The summed E-state index contributed by atoms with van der Waals surface area (Å²) in [6, 6.07) is 17.4. The third-order valence-corrected chi connectivity index (χ3v) is 6.62. The molecule has 1 fully saturated rings. The summed E-state index contributed by atoms with van der Waals surface area (Å²) < 4.78 is 11.1. The molecule has 0 radical (unpaired) electrons. The summed E-state index contributed by atoms with van der Waals surface area (Å²) in [5, 5.41) is 13.9. The van der Waals surface area contributed by atoms with E-state index in [0.29, 0.717) is 17.4 Å². The van der Waals surface area contributed by atoms with Gasteiger partial charge in [-0.15, -0.1) is 0 Å². The molecule has 39 heavy (non-hydrogen) atoms. The SMILES string of the molecule is COc1cc(/C=C2/SC(=O)N(CC(=O)Nc3cc(C)cc(C)c3)C2=O)c([N+](=O)[O-])cc1OCc1ccccc1. The summed E-state index contributed by atoms with van der Waals surface area (Å²) in [6.45, 7) is 3.45. The van der Waals surface area contributed by atoms with Gasteiger partial charge in [-0.2, -0.15) is 0 Å². The summed E-state index contributed by atoms with van der Waals surface area (Å²) in [4.78, 5) is 50.1. The molecule has 0 atom stereocenters. The van der Waals surface area contributed by atoms with Gasteiger partial charge in [-0.25, -0.2) is 0 Å².